The molecule has 0 aliphatic heterocycles. The first-order valence-corrected chi connectivity index (χ1v) is 6.96. The minimum absolute atomic E-state index is 0.212. The number of carbonyl (C=O) groups is 2. The molecule has 0 saturated heterocycles. The number of thioether (sulfide) groups is 1. The summed E-state index contributed by atoms with van der Waals surface area (Å²) in [5.41, 5.74) is 0. The highest BCUT2D eigenvalue weighted by Crippen LogP contribution is 2.14. The van der Waals surface area contributed by atoms with Gasteiger partial charge in [-0.05, 0) is 32.2 Å². The Morgan fingerprint density at radius 1 is 1.44 bits per heavy atom. The second-order valence-corrected chi connectivity index (χ2v) is 4.95. The van der Waals surface area contributed by atoms with Crippen LogP contribution in [0.5, 0.6) is 0 Å². The largest absolute Gasteiger partial charge is 0.481 e. The third-order valence-electron chi connectivity index (χ3n) is 2.67. The maximum absolute atomic E-state index is 11.8. The molecule has 0 fully saturated rings. The minimum atomic E-state index is -0.940. The van der Waals surface area contributed by atoms with Crippen LogP contribution in [0.1, 0.15) is 30.2 Å². The average molecular weight is 271 g/mol. The molecule has 1 heterocycles. The van der Waals surface area contributed by atoms with Crippen LogP contribution in [-0.4, -0.2) is 29.3 Å². The van der Waals surface area contributed by atoms with E-state index in [4.69, 9.17) is 9.52 Å². The molecule has 2 atom stereocenters. The van der Waals surface area contributed by atoms with Crippen molar-refractivity contribution in [1.82, 2.24) is 5.32 Å². The zero-order valence-corrected chi connectivity index (χ0v) is 11.4. The smallest absolute Gasteiger partial charge is 0.308 e. The van der Waals surface area contributed by atoms with E-state index in [9.17, 15) is 9.59 Å². The third-order valence-corrected chi connectivity index (χ3v) is 3.24. The quantitative estimate of drug-likeness (QED) is 0.827. The van der Waals surface area contributed by atoms with Gasteiger partial charge in [0.05, 0.1) is 11.7 Å². The molecular weight excluding hydrogens is 254 g/mol. The van der Waals surface area contributed by atoms with E-state index in [0.717, 1.165) is 5.76 Å². The summed E-state index contributed by atoms with van der Waals surface area (Å²) in [6.07, 6.45) is 1.94. The molecule has 2 unspecified atom stereocenters. The Kier molecular flexibility index (Phi) is 5.27. The van der Waals surface area contributed by atoms with Gasteiger partial charge in [0, 0.05) is 6.04 Å². The number of hydrogen-bond donors (Lipinski definition) is 2. The lowest BCUT2D eigenvalue weighted by Gasteiger charge is -2.16. The monoisotopic (exact) mass is 271 g/mol. The van der Waals surface area contributed by atoms with Crippen molar-refractivity contribution >= 4 is 23.6 Å². The van der Waals surface area contributed by atoms with Crippen LogP contribution in [0.3, 0.4) is 0 Å². The van der Waals surface area contributed by atoms with E-state index in [1.165, 1.54) is 0 Å². The van der Waals surface area contributed by atoms with Crippen molar-refractivity contribution in [1.29, 1.82) is 0 Å². The van der Waals surface area contributed by atoms with Gasteiger partial charge < -0.3 is 14.8 Å². The Labute approximate surface area is 110 Å². The number of hydrogen-bond acceptors (Lipinski definition) is 4. The molecule has 6 heteroatoms. The normalized spacial score (nSPS) is 13.9. The molecule has 5 nitrogen and oxygen atoms in total. The van der Waals surface area contributed by atoms with Crippen molar-refractivity contribution in [2.24, 2.45) is 5.92 Å². The van der Waals surface area contributed by atoms with Crippen LogP contribution >= 0.6 is 11.8 Å². The van der Waals surface area contributed by atoms with Gasteiger partial charge in [-0.3, -0.25) is 9.59 Å². The third kappa shape index (κ3) is 3.80. The number of furan rings is 1. The first-order chi connectivity index (χ1) is 8.45. The van der Waals surface area contributed by atoms with Crippen molar-refractivity contribution < 1.29 is 19.1 Å². The molecule has 1 aromatic heterocycles. The van der Waals surface area contributed by atoms with Crippen LogP contribution in [0.15, 0.2) is 16.5 Å². The van der Waals surface area contributed by atoms with Crippen molar-refractivity contribution in [3.63, 3.8) is 0 Å². The summed E-state index contributed by atoms with van der Waals surface area (Å²) in [4.78, 5) is 22.6. The van der Waals surface area contributed by atoms with Gasteiger partial charge in [-0.25, -0.2) is 0 Å². The summed E-state index contributed by atoms with van der Waals surface area (Å²) in [5, 5.41) is 11.4. The Hall–Kier alpha value is -1.43. The standard InChI is InChI=1S/C12H17NO4S/c1-7(12(15)16)8(2)13-11(14)10-5-4-9(17-10)6-18-3/h4-5,7-8H,6H2,1-3H3,(H,13,14)(H,15,16). The van der Waals surface area contributed by atoms with E-state index in [-0.39, 0.29) is 11.7 Å². The van der Waals surface area contributed by atoms with Crippen LogP contribution in [0.2, 0.25) is 0 Å². The molecule has 100 valence electrons. The Morgan fingerprint density at radius 2 is 2.11 bits per heavy atom. The maximum Gasteiger partial charge on any atom is 0.308 e. The predicted molar refractivity (Wildman–Crippen MR) is 69.7 cm³/mol. The van der Waals surface area contributed by atoms with Gasteiger partial charge in [0.1, 0.15) is 5.76 Å². The summed E-state index contributed by atoms with van der Waals surface area (Å²) >= 11 is 1.60. The molecule has 0 aliphatic rings. The molecule has 0 aliphatic carbocycles. The highest BCUT2D eigenvalue weighted by atomic mass is 32.2. The van der Waals surface area contributed by atoms with Gasteiger partial charge in [0.15, 0.2) is 5.76 Å². The second-order valence-electron chi connectivity index (χ2n) is 4.09. The molecule has 18 heavy (non-hydrogen) atoms. The van der Waals surface area contributed by atoms with Crippen LogP contribution < -0.4 is 5.32 Å². The fourth-order valence-electron chi connectivity index (χ4n) is 1.34. The van der Waals surface area contributed by atoms with E-state index >= 15 is 0 Å². The summed E-state index contributed by atoms with van der Waals surface area (Å²) in [5.74, 6) is -0.327. The summed E-state index contributed by atoms with van der Waals surface area (Å²) in [6, 6.07) is 2.89. The lowest BCUT2D eigenvalue weighted by molar-refractivity contribution is -0.141. The van der Waals surface area contributed by atoms with E-state index in [0.29, 0.717) is 5.75 Å². The SMILES string of the molecule is CSCc1ccc(C(=O)NC(C)C(C)C(=O)O)o1. The molecule has 0 aromatic carbocycles. The Balaban J connectivity index is 2.61. The van der Waals surface area contributed by atoms with E-state index in [1.54, 1.807) is 37.7 Å². The van der Waals surface area contributed by atoms with Gasteiger partial charge in [-0.1, -0.05) is 0 Å². The summed E-state index contributed by atoms with van der Waals surface area (Å²) < 4.78 is 5.35. The maximum atomic E-state index is 11.8. The number of amides is 1. The lowest BCUT2D eigenvalue weighted by atomic mass is 10.0. The zero-order valence-electron chi connectivity index (χ0n) is 10.6. The highest BCUT2D eigenvalue weighted by Gasteiger charge is 2.22. The average Bonchev–Trinajstić information content (AvgIpc) is 2.77. The van der Waals surface area contributed by atoms with Crippen molar-refractivity contribution in [3.05, 3.63) is 23.7 Å². The fraction of sp³-hybridized carbons (Fsp3) is 0.500. The minimum Gasteiger partial charge on any atom is -0.481 e. The van der Waals surface area contributed by atoms with Crippen molar-refractivity contribution in [2.45, 2.75) is 25.6 Å². The topological polar surface area (TPSA) is 79.5 Å². The first-order valence-electron chi connectivity index (χ1n) is 5.57. The molecule has 2 N–H and O–H groups in total. The fourth-order valence-corrected chi connectivity index (χ4v) is 1.78. The highest BCUT2D eigenvalue weighted by molar-refractivity contribution is 7.97. The molecule has 1 aromatic rings. The van der Waals surface area contributed by atoms with E-state index in [2.05, 4.69) is 5.32 Å². The van der Waals surface area contributed by atoms with Crippen LogP contribution in [0.4, 0.5) is 0 Å². The predicted octanol–water partition coefficient (Wildman–Crippen LogP) is 1.98. The molecule has 0 bridgehead atoms. The summed E-state index contributed by atoms with van der Waals surface area (Å²) in [6.45, 7) is 3.21. The summed E-state index contributed by atoms with van der Waals surface area (Å²) in [7, 11) is 0. The van der Waals surface area contributed by atoms with Crippen LogP contribution in [0.25, 0.3) is 0 Å². The number of aliphatic carboxylic acids is 1. The van der Waals surface area contributed by atoms with Gasteiger partial charge in [-0.2, -0.15) is 11.8 Å². The van der Waals surface area contributed by atoms with E-state index < -0.39 is 17.9 Å². The molecule has 0 spiro atoms. The zero-order chi connectivity index (χ0) is 13.7. The van der Waals surface area contributed by atoms with E-state index in [1.807, 2.05) is 6.26 Å². The second kappa shape index (κ2) is 6.49. The number of carbonyl (C=O) groups excluding carboxylic acids is 1. The van der Waals surface area contributed by atoms with Crippen LogP contribution in [0, 0.1) is 5.92 Å². The van der Waals surface area contributed by atoms with Crippen LogP contribution in [-0.2, 0) is 10.5 Å². The van der Waals surface area contributed by atoms with Crippen molar-refractivity contribution in [3.8, 4) is 0 Å². The number of carboxylic acid groups (broad SMARTS) is 1. The Morgan fingerprint density at radius 3 is 2.67 bits per heavy atom. The van der Waals surface area contributed by atoms with Gasteiger partial charge in [-0.15, -0.1) is 0 Å². The Bertz CT molecular complexity index is 429. The molecular formula is C12H17NO4S. The number of nitrogens with one attached hydrogen (secondary N) is 1. The number of carboxylic acids is 1. The lowest BCUT2D eigenvalue weighted by Crippen LogP contribution is -2.39. The molecule has 1 amide bonds. The molecule has 1 rings (SSSR count). The molecule has 0 saturated carbocycles. The van der Waals surface area contributed by atoms with Gasteiger partial charge in [0.25, 0.3) is 5.91 Å². The molecule has 0 radical (unpaired) electrons. The van der Waals surface area contributed by atoms with Gasteiger partial charge in [0.2, 0.25) is 0 Å². The first kappa shape index (κ1) is 14.6. The van der Waals surface area contributed by atoms with Gasteiger partial charge >= 0.3 is 5.97 Å². The number of rotatable bonds is 6. The van der Waals surface area contributed by atoms with Crippen molar-refractivity contribution in [2.75, 3.05) is 6.26 Å².